The van der Waals surface area contributed by atoms with Crippen molar-refractivity contribution < 1.29 is 14.3 Å². The number of rotatable bonds is 10. The molecule has 1 fully saturated rings. The number of unbranched alkanes of at least 4 members (excludes halogenated alkanes) is 1. The summed E-state index contributed by atoms with van der Waals surface area (Å²) in [5.41, 5.74) is 1.69. The predicted molar refractivity (Wildman–Crippen MR) is 144 cm³/mol. The van der Waals surface area contributed by atoms with Crippen LogP contribution in [0.5, 0.6) is 5.75 Å². The molecule has 2 aliphatic rings. The molecular weight excluding hydrogens is 476 g/mol. The van der Waals surface area contributed by atoms with E-state index >= 15 is 0 Å². The van der Waals surface area contributed by atoms with Gasteiger partial charge in [0.2, 0.25) is 5.91 Å². The highest BCUT2D eigenvalue weighted by Gasteiger charge is 2.37. The maximum Gasteiger partial charge on any atom is 0.318 e. The zero-order chi connectivity index (χ0) is 25.5. The van der Waals surface area contributed by atoms with Crippen LogP contribution in [0.25, 0.3) is 0 Å². The molecule has 9 heteroatoms. The number of fused-ring (bicyclic) bond motifs is 4. The van der Waals surface area contributed by atoms with Crippen molar-refractivity contribution in [2.75, 3.05) is 37.0 Å². The number of ether oxygens (including phenoxy) is 1. The van der Waals surface area contributed by atoms with Crippen LogP contribution >= 0.6 is 11.8 Å². The molecule has 1 aromatic carbocycles. The van der Waals surface area contributed by atoms with Crippen LogP contribution < -0.4 is 20.9 Å². The van der Waals surface area contributed by atoms with Gasteiger partial charge in [-0.1, -0.05) is 19.4 Å². The SMILES string of the molecule is CCCCOc1ccc(NC(=O)[C@H](CCSC)NC(=O)N2C[C@@H]3C[C@@H](C2)c2cccc(=O)n2C3)cc1. The fourth-order valence-corrected chi connectivity index (χ4v) is 5.48. The number of amides is 3. The summed E-state index contributed by atoms with van der Waals surface area (Å²) in [5, 5.41) is 5.92. The number of thioether (sulfide) groups is 1. The van der Waals surface area contributed by atoms with Gasteiger partial charge in [-0.3, -0.25) is 9.59 Å². The summed E-state index contributed by atoms with van der Waals surface area (Å²) >= 11 is 1.64. The number of anilines is 1. The molecule has 1 saturated heterocycles. The van der Waals surface area contributed by atoms with Gasteiger partial charge in [0.05, 0.1) is 6.61 Å². The van der Waals surface area contributed by atoms with E-state index < -0.39 is 6.04 Å². The van der Waals surface area contributed by atoms with E-state index in [-0.39, 0.29) is 29.3 Å². The first-order chi connectivity index (χ1) is 17.5. The van der Waals surface area contributed by atoms with Crippen LogP contribution in [-0.4, -0.2) is 59.2 Å². The third-order valence-electron chi connectivity index (χ3n) is 6.88. The molecule has 0 unspecified atom stereocenters. The molecule has 4 rings (SSSR count). The summed E-state index contributed by atoms with van der Waals surface area (Å²) in [4.78, 5) is 40.4. The number of benzene rings is 1. The molecule has 3 atom stereocenters. The van der Waals surface area contributed by atoms with E-state index in [4.69, 9.17) is 4.74 Å². The van der Waals surface area contributed by atoms with Crippen LogP contribution in [0.4, 0.5) is 10.5 Å². The lowest BCUT2D eigenvalue weighted by molar-refractivity contribution is -0.118. The van der Waals surface area contributed by atoms with Crippen LogP contribution in [0.3, 0.4) is 0 Å². The first-order valence-electron chi connectivity index (χ1n) is 12.8. The van der Waals surface area contributed by atoms with E-state index in [2.05, 4.69) is 17.6 Å². The van der Waals surface area contributed by atoms with E-state index in [1.54, 1.807) is 23.9 Å². The molecule has 0 radical (unpaired) electrons. The Labute approximate surface area is 216 Å². The molecule has 0 aliphatic carbocycles. The summed E-state index contributed by atoms with van der Waals surface area (Å²) < 4.78 is 7.54. The average Bonchev–Trinajstić information content (AvgIpc) is 2.88. The summed E-state index contributed by atoms with van der Waals surface area (Å²) in [7, 11) is 0. The van der Waals surface area contributed by atoms with Gasteiger partial charge < -0.3 is 24.8 Å². The van der Waals surface area contributed by atoms with Gasteiger partial charge in [0.25, 0.3) is 5.56 Å². The van der Waals surface area contributed by atoms with Crippen molar-refractivity contribution in [3.8, 4) is 5.75 Å². The normalized spacial score (nSPS) is 19.2. The Morgan fingerprint density at radius 2 is 1.94 bits per heavy atom. The smallest absolute Gasteiger partial charge is 0.318 e. The molecule has 194 valence electrons. The zero-order valence-electron chi connectivity index (χ0n) is 21.1. The van der Waals surface area contributed by atoms with E-state index in [0.29, 0.717) is 38.3 Å². The van der Waals surface area contributed by atoms with Crippen molar-refractivity contribution in [2.45, 2.75) is 51.1 Å². The maximum absolute atomic E-state index is 13.3. The van der Waals surface area contributed by atoms with Crippen molar-refractivity contribution in [2.24, 2.45) is 5.92 Å². The standard InChI is InChI=1S/C27H36N4O4S/c1-3-4-13-35-22-10-8-21(9-11-22)28-26(33)23(12-14-36-2)29-27(34)30-16-19-15-20(18-30)24-6-5-7-25(32)31(24)17-19/h5-11,19-20,23H,3-4,12-18H2,1-2H3,(H,28,33)(H,29,34)/t19-,20-,23-/m0/s1. The second-order valence-corrected chi connectivity index (χ2v) is 10.6. The summed E-state index contributed by atoms with van der Waals surface area (Å²) in [6.45, 7) is 4.55. The van der Waals surface area contributed by atoms with Crippen molar-refractivity contribution in [1.82, 2.24) is 14.8 Å². The molecule has 3 heterocycles. The van der Waals surface area contributed by atoms with Crippen LogP contribution in [0, 0.1) is 5.92 Å². The fourth-order valence-electron chi connectivity index (χ4n) is 5.01. The van der Waals surface area contributed by atoms with Gasteiger partial charge in [0.15, 0.2) is 0 Å². The second kappa shape index (κ2) is 12.3. The second-order valence-electron chi connectivity index (χ2n) is 9.60. The molecule has 2 aromatic rings. The van der Waals surface area contributed by atoms with Crippen molar-refractivity contribution >= 4 is 29.4 Å². The monoisotopic (exact) mass is 512 g/mol. The molecule has 2 bridgehead atoms. The number of urea groups is 1. The summed E-state index contributed by atoms with van der Waals surface area (Å²) in [6, 6.07) is 11.8. The predicted octanol–water partition coefficient (Wildman–Crippen LogP) is 3.92. The van der Waals surface area contributed by atoms with Gasteiger partial charge in [-0.05, 0) is 67.5 Å². The lowest BCUT2D eigenvalue weighted by atomic mass is 9.83. The molecule has 1 aromatic heterocycles. The van der Waals surface area contributed by atoms with E-state index in [0.717, 1.165) is 36.5 Å². The van der Waals surface area contributed by atoms with E-state index in [9.17, 15) is 14.4 Å². The molecule has 0 saturated carbocycles. The Morgan fingerprint density at radius 1 is 1.14 bits per heavy atom. The van der Waals surface area contributed by atoms with Crippen LogP contribution in [-0.2, 0) is 11.3 Å². The lowest BCUT2D eigenvalue weighted by Crippen LogP contribution is -2.55. The molecule has 36 heavy (non-hydrogen) atoms. The number of hydrogen-bond donors (Lipinski definition) is 2. The maximum atomic E-state index is 13.3. The van der Waals surface area contributed by atoms with Crippen LogP contribution in [0.15, 0.2) is 47.3 Å². The fraction of sp³-hybridized carbons (Fsp3) is 0.519. The van der Waals surface area contributed by atoms with E-state index in [1.807, 2.05) is 46.1 Å². The Morgan fingerprint density at radius 3 is 2.69 bits per heavy atom. The largest absolute Gasteiger partial charge is 0.494 e. The first kappa shape index (κ1) is 26.1. The number of nitrogens with zero attached hydrogens (tertiary/aromatic N) is 2. The highest BCUT2D eigenvalue weighted by Crippen LogP contribution is 2.35. The molecule has 8 nitrogen and oxygen atoms in total. The van der Waals surface area contributed by atoms with Gasteiger partial charge in [0.1, 0.15) is 11.8 Å². The van der Waals surface area contributed by atoms with E-state index in [1.165, 1.54) is 0 Å². The Kier molecular flexibility index (Phi) is 8.96. The number of piperidine rings is 1. The highest BCUT2D eigenvalue weighted by molar-refractivity contribution is 7.98. The van der Waals surface area contributed by atoms with Gasteiger partial charge in [-0.15, -0.1) is 0 Å². The first-order valence-corrected chi connectivity index (χ1v) is 14.2. The lowest BCUT2D eigenvalue weighted by Gasteiger charge is -2.43. The molecule has 3 amide bonds. The Balaban J connectivity index is 1.37. The minimum Gasteiger partial charge on any atom is -0.494 e. The molecule has 2 aliphatic heterocycles. The third kappa shape index (κ3) is 6.43. The number of hydrogen-bond acceptors (Lipinski definition) is 5. The van der Waals surface area contributed by atoms with Gasteiger partial charge >= 0.3 is 6.03 Å². The van der Waals surface area contributed by atoms with Gasteiger partial charge in [-0.2, -0.15) is 11.8 Å². The third-order valence-corrected chi connectivity index (χ3v) is 7.52. The van der Waals surface area contributed by atoms with Crippen molar-refractivity contribution in [3.63, 3.8) is 0 Å². The summed E-state index contributed by atoms with van der Waals surface area (Å²) in [5.74, 6) is 1.66. The number of nitrogens with one attached hydrogen (secondary N) is 2. The summed E-state index contributed by atoms with van der Waals surface area (Å²) in [6.07, 6.45) is 5.57. The quantitative estimate of drug-likeness (QED) is 0.471. The average molecular weight is 513 g/mol. The Hall–Kier alpha value is -2.94. The van der Waals surface area contributed by atoms with Gasteiger partial charge in [-0.25, -0.2) is 4.79 Å². The highest BCUT2D eigenvalue weighted by atomic mass is 32.2. The van der Waals surface area contributed by atoms with Crippen LogP contribution in [0.2, 0.25) is 0 Å². The van der Waals surface area contributed by atoms with Gasteiger partial charge in [0, 0.05) is 43.0 Å². The Bertz CT molecular complexity index is 1100. The van der Waals surface area contributed by atoms with Crippen LogP contribution in [0.1, 0.15) is 44.2 Å². The number of likely N-dealkylation sites (tertiary alicyclic amines) is 1. The molecule has 2 N–H and O–H groups in total. The van der Waals surface area contributed by atoms with Crippen molar-refractivity contribution in [3.05, 3.63) is 58.5 Å². The number of carbonyl (C=O) groups excluding carboxylic acids is 2. The topological polar surface area (TPSA) is 92.7 Å². The minimum absolute atomic E-state index is 0.0226. The zero-order valence-corrected chi connectivity index (χ0v) is 21.9. The number of aromatic nitrogens is 1. The van der Waals surface area contributed by atoms with Crippen molar-refractivity contribution in [1.29, 1.82) is 0 Å². The minimum atomic E-state index is -0.637. The number of carbonyl (C=O) groups is 2. The number of pyridine rings is 1. The molecule has 0 spiro atoms. The molecular formula is C27H36N4O4S.